The zero-order valence-electron chi connectivity index (χ0n) is 27.1. The molecule has 2 aromatic carbocycles. The van der Waals surface area contributed by atoms with Gasteiger partial charge in [-0.3, -0.25) is 9.78 Å². The van der Waals surface area contributed by atoms with Gasteiger partial charge in [-0.05, 0) is 68.6 Å². The van der Waals surface area contributed by atoms with Crippen molar-refractivity contribution in [2.45, 2.75) is 46.2 Å². The number of hydrogen-bond donors (Lipinski definition) is 3. The number of carbonyl (C=O) groups excluding carboxylic acids is 1. The Morgan fingerprint density at radius 2 is 1.74 bits per heavy atom. The number of methoxy groups -OCH3 is 1. The highest BCUT2D eigenvalue weighted by Crippen LogP contribution is 2.36. The minimum atomic E-state index is -0.208. The van der Waals surface area contributed by atoms with Crippen molar-refractivity contribution in [3.8, 4) is 28.3 Å². The fraction of sp³-hybridized carbons (Fsp3) is 0.314. The van der Waals surface area contributed by atoms with E-state index in [4.69, 9.17) is 14.7 Å². The number of aldehydes is 1. The number of hydrogen-bond acceptors (Lipinski definition) is 10. The third kappa shape index (κ3) is 6.80. The van der Waals surface area contributed by atoms with E-state index in [1.807, 2.05) is 44.3 Å². The predicted octanol–water partition coefficient (Wildman–Crippen LogP) is 4.79. The van der Waals surface area contributed by atoms with E-state index >= 15 is 0 Å². The zero-order valence-corrected chi connectivity index (χ0v) is 27.1. The number of aromatic nitrogens is 5. The van der Waals surface area contributed by atoms with Crippen LogP contribution >= 0.6 is 0 Å². The van der Waals surface area contributed by atoms with Gasteiger partial charge in [0.15, 0.2) is 0 Å². The summed E-state index contributed by atoms with van der Waals surface area (Å²) in [7, 11) is 5.12. The predicted molar refractivity (Wildman–Crippen MR) is 182 cm³/mol. The first-order valence-electron chi connectivity index (χ1n) is 15.3. The summed E-state index contributed by atoms with van der Waals surface area (Å²) in [4.78, 5) is 38.0. The lowest BCUT2D eigenvalue weighted by Gasteiger charge is -2.18. The smallest absolute Gasteiger partial charge is 0.278 e. The van der Waals surface area contributed by atoms with Crippen LogP contribution in [0.3, 0.4) is 0 Å². The molecule has 238 valence electrons. The van der Waals surface area contributed by atoms with Crippen molar-refractivity contribution in [2.24, 2.45) is 7.05 Å². The Morgan fingerprint density at radius 1 is 1.00 bits per heavy atom. The van der Waals surface area contributed by atoms with Crippen molar-refractivity contribution >= 4 is 28.6 Å². The van der Waals surface area contributed by atoms with Crippen molar-refractivity contribution in [3.05, 3.63) is 87.7 Å². The van der Waals surface area contributed by atoms with Crippen molar-refractivity contribution in [1.29, 1.82) is 0 Å². The first-order chi connectivity index (χ1) is 22.2. The van der Waals surface area contributed by atoms with Gasteiger partial charge < -0.3 is 25.5 Å². The highest BCUT2D eigenvalue weighted by molar-refractivity contribution is 5.93. The Labute approximate surface area is 268 Å². The molecule has 3 N–H and O–H groups in total. The summed E-state index contributed by atoms with van der Waals surface area (Å²) in [6.45, 7) is 7.22. The number of fused-ring (bicyclic) bond motifs is 1. The van der Waals surface area contributed by atoms with Gasteiger partial charge in [-0.2, -0.15) is 5.10 Å². The molecule has 0 fully saturated rings. The first-order valence-corrected chi connectivity index (χ1v) is 15.3. The highest BCUT2D eigenvalue weighted by Gasteiger charge is 2.17. The molecule has 1 unspecified atom stereocenters. The van der Waals surface area contributed by atoms with Crippen LogP contribution in [0.25, 0.3) is 33.2 Å². The molecule has 5 rings (SSSR count). The number of benzene rings is 2. The van der Waals surface area contributed by atoms with Gasteiger partial charge in [-0.1, -0.05) is 30.3 Å². The minimum Gasteiger partial charge on any atom is -0.480 e. The Hall–Kier alpha value is -5.00. The van der Waals surface area contributed by atoms with E-state index in [1.165, 1.54) is 4.68 Å². The molecule has 11 heteroatoms. The fourth-order valence-corrected chi connectivity index (χ4v) is 5.67. The number of ether oxygens (including phenoxy) is 1. The molecule has 0 radical (unpaired) electrons. The molecule has 46 heavy (non-hydrogen) atoms. The van der Waals surface area contributed by atoms with Crippen LogP contribution in [0.4, 0.5) is 11.5 Å². The van der Waals surface area contributed by atoms with Crippen molar-refractivity contribution in [3.63, 3.8) is 0 Å². The lowest BCUT2D eigenvalue weighted by molar-refractivity contribution is -0.108. The van der Waals surface area contributed by atoms with Crippen LogP contribution in [0.15, 0.2) is 59.7 Å². The fourth-order valence-electron chi connectivity index (χ4n) is 5.67. The van der Waals surface area contributed by atoms with Crippen LogP contribution in [0.5, 0.6) is 5.88 Å². The number of carbonyl (C=O) groups is 1. The number of anilines is 2. The average Bonchev–Trinajstić information content (AvgIpc) is 3.05. The monoisotopic (exact) mass is 620 g/mol. The highest BCUT2D eigenvalue weighted by atomic mass is 16.5. The van der Waals surface area contributed by atoms with Crippen LogP contribution in [0.1, 0.15) is 35.4 Å². The number of rotatable bonds is 13. The Balaban J connectivity index is 1.44. The number of pyridine rings is 1. The van der Waals surface area contributed by atoms with Crippen LogP contribution in [0, 0.1) is 20.8 Å². The third-order valence-electron chi connectivity index (χ3n) is 8.27. The van der Waals surface area contributed by atoms with E-state index in [-0.39, 0.29) is 11.6 Å². The van der Waals surface area contributed by atoms with Gasteiger partial charge in [0, 0.05) is 54.9 Å². The lowest BCUT2D eigenvalue weighted by atomic mass is 9.92. The number of aryl methyl sites for hydroxylation is 2. The molecule has 3 aromatic heterocycles. The number of likely N-dealkylation sites (N-methyl/N-ethyl adjacent to an activating group) is 1. The maximum absolute atomic E-state index is 13.0. The van der Waals surface area contributed by atoms with Crippen molar-refractivity contribution in [1.82, 2.24) is 35.4 Å². The number of nitrogens with one attached hydrogen (secondary N) is 3. The SMILES string of the molecule is CNC(CCC=O)CNCc1ncc(-c2cccc(-c3cccc(Nc4nc(C)cc5cnn(C)c(=O)c45)c3C)c2C)nc1OC. The van der Waals surface area contributed by atoms with E-state index in [2.05, 4.69) is 52.0 Å². The van der Waals surface area contributed by atoms with Crippen LogP contribution in [-0.2, 0) is 18.4 Å². The van der Waals surface area contributed by atoms with Crippen molar-refractivity contribution in [2.75, 3.05) is 26.0 Å². The Morgan fingerprint density at radius 3 is 2.48 bits per heavy atom. The van der Waals surface area contributed by atoms with Gasteiger partial charge in [0.2, 0.25) is 5.88 Å². The molecule has 0 saturated heterocycles. The van der Waals surface area contributed by atoms with Crippen LogP contribution < -0.4 is 26.2 Å². The summed E-state index contributed by atoms with van der Waals surface area (Å²) >= 11 is 0. The summed E-state index contributed by atoms with van der Waals surface area (Å²) < 4.78 is 6.96. The molecular formula is C35H40N8O3. The topological polar surface area (TPSA) is 136 Å². The van der Waals surface area contributed by atoms with Gasteiger partial charge in [0.1, 0.15) is 17.8 Å². The Bertz CT molecular complexity index is 1940. The second-order valence-electron chi connectivity index (χ2n) is 11.3. The third-order valence-corrected chi connectivity index (χ3v) is 8.27. The molecule has 0 spiro atoms. The average molecular weight is 621 g/mol. The number of nitrogens with zero attached hydrogens (tertiary/aromatic N) is 5. The van der Waals surface area contributed by atoms with Gasteiger partial charge >= 0.3 is 0 Å². The largest absolute Gasteiger partial charge is 0.480 e. The molecule has 11 nitrogen and oxygen atoms in total. The molecular weight excluding hydrogens is 580 g/mol. The first kappa shape index (κ1) is 32.4. The second kappa shape index (κ2) is 14.4. The van der Waals surface area contributed by atoms with Crippen LogP contribution in [-0.4, -0.2) is 57.8 Å². The zero-order chi connectivity index (χ0) is 32.8. The van der Waals surface area contributed by atoms with Gasteiger partial charge in [0.05, 0.1) is 30.6 Å². The summed E-state index contributed by atoms with van der Waals surface area (Å²) in [5.74, 6) is 0.966. The summed E-state index contributed by atoms with van der Waals surface area (Å²) in [6.07, 6.45) is 5.69. The maximum Gasteiger partial charge on any atom is 0.278 e. The lowest BCUT2D eigenvalue weighted by Crippen LogP contribution is -2.36. The standard InChI is InChI=1S/C35H40N8O3/c1-21-16-24-17-39-43(5)35(45)32(24)33(40-21)41-29-14-8-12-27(23(29)3)26-11-7-13-28(22(26)2)30-20-38-31(34(42-30)46-6)19-37-18-25(36-4)10-9-15-44/h7-8,11-17,20,25,36-37H,9-10,18-19H2,1-6H3,(H,40,41). The Kier molecular flexibility index (Phi) is 10.1. The molecule has 0 aliphatic carbocycles. The molecule has 0 saturated carbocycles. The van der Waals surface area contributed by atoms with E-state index < -0.39 is 0 Å². The normalized spacial score (nSPS) is 11.9. The maximum atomic E-state index is 13.0. The van der Waals surface area contributed by atoms with Crippen molar-refractivity contribution < 1.29 is 9.53 Å². The quantitative estimate of drug-likeness (QED) is 0.158. The summed E-state index contributed by atoms with van der Waals surface area (Å²) in [5.41, 5.74) is 7.98. The summed E-state index contributed by atoms with van der Waals surface area (Å²) in [6, 6.07) is 14.3. The van der Waals surface area contributed by atoms with Gasteiger partial charge in [0.25, 0.3) is 5.56 Å². The molecule has 1 atom stereocenters. The molecule has 0 aliphatic rings. The molecule has 0 aliphatic heterocycles. The second-order valence-corrected chi connectivity index (χ2v) is 11.3. The van der Waals surface area contributed by atoms with Gasteiger partial charge in [-0.25, -0.2) is 14.6 Å². The van der Waals surface area contributed by atoms with Gasteiger partial charge in [-0.15, -0.1) is 0 Å². The molecule has 3 heterocycles. The molecule has 0 bridgehead atoms. The van der Waals surface area contributed by atoms with E-state index in [9.17, 15) is 9.59 Å². The minimum absolute atomic E-state index is 0.183. The van der Waals surface area contributed by atoms with E-state index in [1.54, 1.807) is 26.6 Å². The van der Waals surface area contributed by atoms with E-state index in [0.29, 0.717) is 48.0 Å². The summed E-state index contributed by atoms with van der Waals surface area (Å²) in [5, 5.41) is 15.5. The van der Waals surface area contributed by atoms with Crippen LogP contribution in [0.2, 0.25) is 0 Å². The molecule has 0 amide bonds. The van der Waals surface area contributed by atoms with E-state index in [0.717, 1.165) is 57.3 Å². The molecule has 5 aromatic rings.